The number of hydrogen-bond acceptors (Lipinski definition) is 1. The van der Waals surface area contributed by atoms with Crippen LogP contribution < -0.4 is 0 Å². The molecule has 0 saturated heterocycles. The molecule has 44 valence electrons. The quantitative estimate of drug-likeness (QED) is 0.507. The molecule has 0 amide bonds. The number of rotatable bonds is 1. The second-order valence-corrected chi connectivity index (χ2v) is 1.64. The Bertz CT molecular complexity index is 224. The van der Waals surface area contributed by atoms with Crippen LogP contribution in [-0.4, -0.2) is 13.2 Å². The molecule has 0 spiro atoms. The Kier molecular flexibility index (Phi) is 1.73. The summed E-state index contributed by atoms with van der Waals surface area (Å²) >= 11 is 0. The van der Waals surface area contributed by atoms with Crippen molar-refractivity contribution in [3.05, 3.63) is 29.4 Å². The van der Waals surface area contributed by atoms with Crippen LogP contribution in [-0.2, 0) is 0 Å². The van der Waals surface area contributed by atoms with Gasteiger partial charge in [-0.2, -0.15) is 0 Å². The van der Waals surface area contributed by atoms with Crippen LogP contribution in [0, 0.1) is 5.82 Å². The molecule has 1 aromatic rings. The predicted molar refractivity (Wildman–Crippen MR) is 33.1 cm³/mol. The molecule has 3 heteroatoms. The first-order chi connectivity index (χ1) is 4.34. The second-order valence-electron chi connectivity index (χ2n) is 1.64. The molecule has 1 heterocycles. The van der Waals surface area contributed by atoms with Crippen LogP contribution in [0.25, 0.3) is 0 Å². The summed E-state index contributed by atoms with van der Waals surface area (Å²) in [5, 5.41) is 0. The third-order valence-electron chi connectivity index (χ3n) is 1.03. The van der Waals surface area contributed by atoms with Crippen LogP contribution in [0.2, 0.25) is 0 Å². The molecule has 0 saturated carbocycles. The first-order valence-corrected chi connectivity index (χ1v) is 2.54. The van der Waals surface area contributed by atoms with Crippen LogP contribution in [0.15, 0.2) is 18.0 Å². The molecular weight excluding hydrogens is 118 g/mol. The van der Waals surface area contributed by atoms with E-state index in [-0.39, 0.29) is 5.56 Å². The van der Waals surface area contributed by atoms with Crippen molar-refractivity contribution in [2.75, 3.05) is 0 Å². The molecule has 0 radical (unpaired) electrons. The van der Waals surface area contributed by atoms with Gasteiger partial charge in [0.2, 0.25) is 0 Å². The van der Waals surface area contributed by atoms with Gasteiger partial charge in [0.25, 0.3) is 0 Å². The van der Waals surface area contributed by atoms with Crippen molar-refractivity contribution >= 4 is 13.2 Å². The number of carbonyl (C=O) groups is 1. The van der Waals surface area contributed by atoms with Gasteiger partial charge in [-0.1, -0.05) is 0 Å². The van der Waals surface area contributed by atoms with Gasteiger partial charge in [-0.3, -0.25) is 0 Å². The molecule has 0 bridgehead atoms. The standard InChI is InChI=1S/C6H4BFO/c8-6-3-7-2-1-5(6)4-9/h1-4H. The van der Waals surface area contributed by atoms with Crippen molar-refractivity contribution in [1.29, 1.82) is 0 Å². The van der Waals surface area contributed by atoms with E-state index in [4.69, 9.17) is 0 Å². The Labute approximate surface area is 52.7 Å². The topological polar surface area (TPSA) is 17.1 Å². The van der Waals surface area contributed by atoms with Gasteiger partial charge in [0, 0.05) is 0 Å². The Balaban J connectivity index is 3.15. The van der Waals surface area contributed by atoms with E-state index in [1.807, 2.05) is 0 Å². The van der Waals surface area contributed by atoms with E-state index in [0.29, 0.717) is 6.29 Å². The summed E-state index contributed by atoms with van der Waals surface area (Å²) in [4.78, 5) is 9.99. The summed E-state index contributed by atoms with van der Waals surface area (Å²) < 4.78 is 12.4. The molecule has 0 atom stereocenters. The van der Waals surface area contributed by atoms with Crippen molar-refractivity contribution in [2.45, 2.75) is 0 Å². The van der Waals surface area contributed by atoms with Crippen molar-refractivity contribution in [1.82, 2.24) is 0 Å². The molecule has 1 rings (SSSR count). The van der Waals surface area contributed by atoms with Crippen LogP contribution in [0.4, 0.5) is 4.39 Å². The molecule has 0 aromatic carbocycles. The van der Waals surface area contributed by atoms with Gasteiger partial charge in [-0.15, -0.1) is 0 Å². The molecular formula is C6H4BFO. The van der Waals surface area contributed by atoms with Crippen LogP contribution in [0.3, 0.4) is 0 Å². The Morgan fingerprint density at radius 1 is 1.67 bits per heavy atom. The number of carbonyl (C=O) groups excluding carboxylic acids is 1. The molecule has 0 N–H and O–H groups in total. The van der Waals surface area contributed by atoms with E-state index in [2.05, 4.69) is 0 Å². The molecule has 1 nitrogen and oxygen atoms in total. The fourth-order valence-corrected chi connectivity index (χ4v) is 0.571. The van der Waals surface area contributed by atoms with Crippen molar-refractivity contribution in [2.24, 2.45) is 0 Å². The minimum absolute atomic E-state index is 0.109. The SMILES string of the molecule is O=Cc1ccbcc1F. The van der Waals surface area contributed by atoms with Gasteiger partial charge in [0.15, 0.2) is 0 Å². The average Bonchev–Trinajstić information content (AvgIpc) is 1.89. The summed E-state index contributed by atoms with van der Waals surface area (Å²) in [7, 11) is 0. The van der Waals surface area contributed by atoms with Crippen molar-refractivity contribution in [3.8, 4) is 0 Å². The van der Waals surface area contributed by atoms with Crippen LogP contribution in [0.1, 0.15) is 10.4 Å². The number of hydrogen-bond donors (Lipinski definition) is 0. The van der Waals surface area contributed by atoms with Gasteiger partial charge in [0.1, 0.15) is 0 Å². The van der Waals surface area contributed by atoms with Gasteiger partial charge in [-0.05, 0) is 0 Å². The second kappa shape index (κ2) is 2.53. The Morgan fingerprint density at radius 2 is 2.44 bits per heavy atom. The first kappa shape index (κ1) is 6.14. The summed E-state index contributed by atoms with van der Waals surface area (Å²) in [6.07, 6.45) is 0.495. The van der Waals surface area contributed by atoms with E-state index in [1.54, 1.807) is 12.9 Å². The number of aldehydes is 1. The van der Waals surface area contributed by atoms with Crippen molar-refractivity contribution < 1.29 is 9.18 Å². The van der Waals surface area contributed by atoms with Crippen LogP contribution >= 0.6 is 0 Å². The zero-order chi connectivity index (χ0) is 6.69. The average molecular weight is 122 g/mol. The van der Waals surface area contributed by atoms with Crippen LogP contribution in [0.5, 0.6) is 0 Å². The summed E-state index contributed by atoms with van der Waals surface area (Å²) in [6.45, 7) is 1.54. The number of halogens is 1. The van der Waals surface area contributed by atoms with Crippen molar-refractivity contribution in [3.63, 3.8) is 0 Å². The molecule has 0 unspecified atom stereocenters. The van der Waals surface area contributed by atoms with Gasteiger partial charge < -0.3 is 0 Å². The minimum atomic E-state index is -0.465. The molecule has 0 aliphatic heterocycles. The summed E-state index contributed by atoms with van der Waals surface area (Å²) in [6, 6.07) is 1.43. The Hall–Kier alpha value is -0.985. The third kappa shape index (κ3) is 1.22. The molecule has 9 heavy (non-hydrogen) atoms. The fraction of sp³-hybridized carbons (Fsp3) is 0. The van der Waals surface area contributed by atoms with Gasteiger partial charge >= 0.3 is 51.8 Å². The third-order valence-corrected chi connectivity index (χ3v) is 1.03. The fourth-order valence-electron chi connectivity index (χ4n) is 0.571. The summed E-state index contributed by atoms with van der Waals surface area (Å²) in [5.41, 5.74) is 0.109. The molecule has 0 fully saturated rings. The zero-order valence-corrected chi connectivity index (χ0v) is 4.67. The normalized spacial score (nSPS) is 8.56. The van der Waals surface area contributed by atoms with E-state index >= 15 is 0 Å². The molecule has 1 aromatic heterocycles. The van der Waals surface area contributed by atoms with Gasteiger partial charge in [0.05, 0.1) is 0 Å². The molecule has 0 aliphatic rings. The summed E-state index contributed by atoms with van der Waals surface area (Å²) in [5.74, 6) is 2.41. The maximum absolute atomic E-state index is 12.4. The maximum atomic E-state index is 12.4. The first-order valence-electron chi connectivity index (χ1n) is 2.54. The van der Waals surface area contributed by atoms with E-state index < -0.39 is 5.82 Å². The predicted octanol–water partition coefficient (Wildman–Crippen LogP) is 0.976. The van der Waals surface area contributed by atoms with E-state index in [9.17, 15) is 9.18 Å². The van der Waals surface area contributed by atoms with E-state index in [0.717, 1.165) is 0 Å². The monoisotopic (exact) mass is 122 g/mol. The Morgan fingerprint density at radius 3 is 2.89 bits per heavy atom. The molecule has 0 aliphatic carbocycles. The zero-order valence-electron chi connectivity index (χ0n) is 4.67. The van der Waals surface area contributed by atoms with Gasteiger partial charge in [-0.25, -0.2) is 0 Å². The van der Waals surface area contributed by atoms with E-state index in [1.165, 1.54) is 12.0 Å².